The van der Waals surface area contributed by atoms with Crippen LogP contribution in [0.1, 0.15) is 48.3 Å². The third kappa shape index (κ3) is 1.61. The quantitative estimate of drug-likeness (QED) is 0.715. The lowest BCUT2D eigenvalue weighted by Crippen LogP contribution is -2.36. The van der Waals surface area contributed by atoms with E-state index in [1.807, 2.05) is 0 Å². The molecule has 3 heteroatoms. The molecule has 0 N–H and O–H groups in total. The van der Waals surface area contributed by atoms with Gasteiger partial charge in [-0.15, -0.1) is 0 Å². The highest BCUT2D eigenvalue weighted by Crippen LogP contribution is 2.46. The molecule has 0 radical (unpaired) electrons. The summed E-state index contributed by atoms with van der Waals surface area (Å²) in [5.41, 5.74) is 3.74. The van der Waals surface area contributed by atoms with Crippen molar-refractivity contribution in [2.45, 2.75) is 44.6 Å². The zero-order valence-electron chi connectivity index (χ0n) is 11.0. The van der Waals surface area contributed by atoms with Crippen LogP contribution in [0.5, 0.6) is 5.75 Å². The normalized spacial score (nSPS) is 29.5. The monoisotopic (exact) mass is 246 g/mol. The molecule has 3 nitrogen and oxygen atoms in total. The van der Waals surface area contributed by atoms with Crippen molar-refractivity contribution in [3.05, 3.63) is 28.8 Å². The Morgan fingerprint density at radius 3 is 2.83 bits per heavy atom. The van der Waals surface area contributed by atoms with E-state index in [-0.39, 0.29) is 18.0 Å². The van der Waals surface area contributed by atoms with Crippen LogP contribution in [0.4, 0.5) is 0 Å². The molecule has 2 aliphatic rings. The summed E-state index contributed by atoms with van der Waals surface area (Å²) in [7, 11) is 1.70. The fraction of sp³-hybridized carbons (Fsp3) is 0.533. The maximum Gasteiger partial charge on any atom is 0.306 e. The second-order valence-electron chi connectivity index (χ2n) is 5.40. The molecule has 1 aromatic rings. The molecule has 1 aliphatic carbocycles. The van der Waals surface area contributed by atoms with E-state index in [9.17, 15) is 4.79 Å². The van der Waals surface area contributed by atoms with E-state index >= 15 is 0 Å². The summed E-state index contributed by atoms with van der Waals surface area (Å²) in [6, 6.07) is 4.30. The first kappa shape index (κ1) is 11.6. The Morgan fingerprint density at radius 2 is 2.11 bits per heavy atom. The van der Waals surface area contributed by atoms with Gasteiger partial charge < -0.3 is 9.47 Å². The van der Waals surface area contributed by atoms with Crippen molar-refractivity contribution in [2.24, 2.45) is 0 Å². The van der Waals surface area contributed by atoms with Crippen LogP contribution in [-0.4, -0.2) is 19.2 Å². The summed E-state index contributed by atoms with van der Waals surface area (Å²) < 4.78 is 10.8. The Hall–Kier alpha value is -1.51. The van der Waals surface area contributed by atoms with Gasteiger partial charge >= 0.3 is 5.97 Å². The Morgan fingerprint density at radius 1 is 1.33 bits per heavy atom. The molecular formula is C15H18O3. The predicted molar refractivity (Wildman–Crippen MR) is 68.0 cm³/mol. The van der Waals surface area contributed by atoms with E-state index in [1.54, 1.807) is 7.11 Å². The summed E-state index contributed by atoms with van der Waals surface area (Å²) in [5.74, 6) is 1.45. The zero-order chi connectivity index (χ0) is 12.9. The first-order valence-electron chi connectivity index (χ1n) is 6.48. The second-order valence-corrected chi connectivity index (χ2v) is 5.40. The summed E-state index contributed by atoms with van der Waals surface area (Å²) in [4.78, 5) is 11.6. The maximum atomic E-state index is 11.6. The van der Waals surface area contributed by atoms with Gasteiger partial charge in [0.15, 0.2) is 0 Å². The molecule has 1 aromatic carbocycles. The first-order chi connectivity index (χ1) is 8.60. The third-order valence-corrected chi connectivity index (χ3v) is 4.30. The fourth-order valence-corrected chi connectivity index (χ4v) is 3.27. The Kier molecular flexibility index (Phi) is 2.58. The summed E-state index contributed by atoms with van der Waals surface area (Å²) in [6.45, 7) is 4.18. The van der Waals surface area contributed by atoms with Gasteiger partial charge in [0.2, 0.25) is 0 Å². The van der Waals surface area contributed by atoms with Gasteiger partial charge in [0, 0.05) is 5.92 Å². The van der Waals surface area contributed by atoms with Crippen LogP contribution in [0.15, 0.2) is 12.1 Å². The SMILES string of the molecule is COc1cc2c(cc1C)[C@H]1CC(=O)O[C@H](C1)[C@@H]2C. The molecular weight excluding hydrogens is 228 g/mol. The van der Waals surface area contributed by atoms with Crippen LogP contribution < -0.4 is 4.74 Å². The standard InChI is InChI=1S/C15H18O3/c1-8-4-12-10-5-14(18-15(16)6-10)9(2)11(12)7-13(8)17-3/h4,7,9-10,14H,5-6H2,1-3H3/t9-,10-,14-/m1/s1. The van der Waals surface area contributed by atoms with E-state index in [4.69, 9.17) is 9.47 Å². The first-order valence-corrected chi connectivity index (χ1v) is 6.48. The van der Waals surface area contributed by atoms with Crippen molar-refractivity contribution in [1.82, 2.24) is 0 Å². The Labute approximate surface area is 107 Å². The fourth-order valence-electron chi connectivity index (χ4n) is 3.27. The molecule has 0 spiro atoms. The molecule has 3 atom stereocenters. The van der Waals surface area contributed by atoms with E-state index in [2.05, 4.69) is 26.0 Å². The number of carbonyl (C=O) groups excluding carboxylic acids is 1. The molecule has 3 rings (SSSR count). The van der Waals surface area contributed by atoms with Gasteiger partial charge in [-0.3, -0.25) is 4.79 Å². The topological polar surface area (TPSA) is 35.5 Å². The molecule has 96 valence electrons. The largest absolute Gasteiger partial charge is 0.496 e. The molecule has 0 aromatic heterocycles. The number of methoxy groups -OCH3 is 1. The summed E-state index contributed by atoms with van der Waals surface area (Å²) >= 11 is 0. The lowest BCUT2D eigenvalue weighted by atomic mass is 9.72. The van der Waals surface area contributed by atoms with Crippen molar-refractivity contribution in [3.63, 3.8) is 0 Å². The lowest BCUT2D eigenvalue weighted by molar-refractivity contribution is -0.156. The minimum Gasteiger partial charge on any atom is -0.496 e. The van der Waals surface area contributed by atoms with Gasteiger partial charge in [0.1, 0.15) is 11.9 Å². The molecule has 0 saturated carbocycles. The Balaban J connectivity index is 2.12. The van der Waals surface area contributed by atoms with Crippen LogP contribution in [0, 0.1) is 6.92 Å². The predicted octanol–water partition coefficient (Wildman–Crippen LogP) is 2.91. The van der Waals surface area contributed by atoms with Crippen LogP contribution in [0.3, 0.4) is 0 Å². The van der Waals surface area contributed by atoms with Gasteiger partial charge in [-0.25, -0.2) is 0 Å². The minimum atomic E-state index is -0.0535. The average molecular weight is 246 g/mol. The van der Waals surface area contributed by atoms with E-state index in [0.717, 1.165) is 17.7 Å². The zero-order valence-corrected chi connectivity index (χ0v) is 11.0. The van der Waals surface area contributed by atoms with Crippen LogP contribution in [-0.2, 0) is 9.53 Å². The summed E-state index contributed by atoms with van der Waals surface area (Å²) in [6.07, 6.45) is 1.52. The molecule has 1 aliphatic heterocycles. The average Bonchev–Trinajstić information content (AvgIpc) is 2.35. The third-order valence-electron chi connectivity index (χ3n) is 4.30. The van der Waals surface area contributed by atoms with Gasteiger partial charge in [-0.1, -0.05) is 13.0 Å². The van der Waals surface area contributed by atoms with Crippen LogP contribution in [0.25, 0.3) is 0 Å². The molecule has 1 heterocycles. The number of fused-ring (bicyclic) bond motifs is 4. The molecule has 2 bridgehead atoms. The Bertz CT molecular complexity index is 507. The number of esters is 1. The molecule has 1 fully saturated rings. The van der Waals surface area contributed by atoms with Crippen LogP contribution >= 0.6 is 0 Å². The van der Waals surface area contributed by atoms with Crippen LogP contribution in [0.2, 0.25) is 0 Å². The molecule has 18 heavy (non-hydrogen) atoms. The highest BCUT2D eigenvalue weighted by atomic mass is 16.5. The van der Waals surface area contributed by atoms with E-state index in [1.165, 1.54) is 11.1 Å². The van der Waals surface area contributed by atoms with Gasteiger partial charge in [-0.2, -0.15) is 0 Å². The molecule has 1 saturated heterocycles. The number of ether oxygens (including phenoxy) is 2. The lowest BCUT2D eigenvalue weighted by Gasteiger charge is -2.40. The molecule has 0 amide bonds. The van der Waals surface area contributed by atoms with E-state index < -0.39 is 0 Å². The van der Waals surface area contributed by atoms with Crippen molar-refractivity contribution in [3.8, 4) is 5.75 Å². The smallest absolute Gasteiger partial charge is 0.306 e. The number of rotatable bonds is 1. The highest BCUT2D eigenvalue weighted by Gasteiger charge is 2.40. The number of carbonyl (C=O) groups is 1. The molecule has 0 unspecified atom stereocenters. The van der Waals surface area contributed by atoms with Crippen molar-refractivity contribution in [2.75, 3.05) is 7.11 Å². The second kappa shape index (κ2) is 4.01. The highest BCUT2D eigenvalue weighted by molar-refractivity contribution is 5.73. The number of benzene rings is 1. The number of aryl methyl sites for hydroxylation is 1. The van der Waals surface area contributed by atoms with Gasteiger partial charge in [-0.05, 0) is 42.0 Å². The number of hydrogen-bond acceptors (Lipinski definition) is 3. The number of hydrogen-bond donors (Lipinski definition) is 0. The minimum absolute atomic E-state index is 0.0381. The van der Waals surface area contributed by atoms with E-state index in [0.29, 0.717) is 12.3 Å². The van der Waals surface area contributed by atoms with Crippen molar-refractivity contribution in [1.29, 1.82) is 0 Å². The van der Waals surface area contributed by atoms with Gasteiger partial charge in [0.25, 0.3) is 0 Å². The van der Waals surface area contributed by atoms with Crippen molar-refractivity contribution >= 4 is 5.97 Å². The van der Waals surface area contributed by atoms with Gasteiger partial charge in [0.05, 0.1) is 13.5 Å². The maximum absolute atomic E-state index is 11.6. The summed E-state index contributed by atoms with van der Waals surface area (Å²) in [5, 5.41) is 0. The van der Waals surface area contributed by atoms with Crippen molar-refractivity contribution < 1.29 is 14.3 Å².